The van der Waals surface area contributed by atoms with Crippen molar-refractivity contribution in [2.45, 2.75) is 17.9 Å². The summed E-state index contributed by atoms with van der Waals surface area (Å²) in [4.78, 5) is 23.5. The molecule has 0 spiro atoms. The van der Waals surface area contributed by atoms with Crippen LogP contribution in [-0.2, 0) is 14.3 Å². The molecule has 1 aromatic carbocycles. The molecule has 0 aliphatic rings. The third kappa shape index (κ3) is 5.12. The summed E-state index contributed by atoms with van der Waals surface area (Å²) < 4.78 is 5.50. The van der Waals surface area contributed by atoms with Gasteiger partial charge in [0.05, 0.1) is 7.11 Å². The van der Waals surface area contributed by atoms with Crippen LogP contribution in [0.5, 0.6) is 0 Å². The van der Waals surface area contributed by atoms with E-state index in [0.29, 0.717) is 11.4 Å². The predicted octanol–water partition coefficient (Wildman–Crippen LogP) is 1.80. The van der Waals surface area contributed by atoms with Crippen LogP contribution in [0.2, 0.25) is 0 Å². The van der Waals surface area contributed by atoms with Gasteiger partial charge in [0.25, 0.3) is 0 Å². The Balaban J connectivity index is 2.70. The van der Waals surface area contributed by atoms with E-state index in [4.69, 9.17) is 5.73 Å². The molecular formula is C12H15BrN2O3S. The monoisotopic (exact) mass is 346 g/mol. The van der Waals surface area contributed by atoms with Crippen LogP contribution in [0.3, 0.4) is 0 Å². The zero-order valence-corrected chi connectivity index (χ0v) is 13.0. The van der Waals surface area contributed by atoms with Crippen molar-refractivity contribution in [3.05, 3.63) is 22.7 Å². The van der Waals surface area contributed by atoms with E-state index in [9.17, 15) is 9.59 Å². The molecule has 19 heavy (non-hydrogen) atoms. The number of esters is 1. The Morgan fingerprint density at radius 3 is 2.74 bits per heavy atom. The maximum Gasteiger partial charge on any atom is 0.329 e. The van der Waals surface area contributed by atoms with E-state index in [2.05, 4.69) is 26.0 Å². The van der Waals surface area contributed by atoms with Crippen molar-refractivity contribution < 1.29 is 14.3 Å². The molecular weight excluding hydrogens is 332 g/mol. The number of nitrogens with one attached hydrogen (secondary N) is 1. The SMILES string of the molecule is COC(=O)C(CSc1ccc(N)cc1Br)NC(C)=O. The molecule has 0 saturated carbocycles. The number of anilines is 1. The Bertz CT molecular complexity index is 482. The summed E-state index contributed by atoms with van der Waals surface area (Å²) in [6, 6.07) is 4.75. The lowest BCUT2D eigenvalue weighted by Crippen LogP contribution is -2.42. The lowest BCUT2D eigenvalue weighted by atomic mass is 10.3. The molecule has 1 atom stereocenters. The zero-order chi connectivity index (χ0) is 14.4. The Hall–Kier alpha value is -1.21. The smallest absolute Gasteiger partial charge is 0.329 e. The number of carbonyl (C=O) groups is 2. The largest absolute Gasteiger partial charge is 0.467 e. The van der Waals surface area contributed by atoms with Gasteiger partial charge in [-0.25, -0.2) is 4.79 Å². The molecule has 0 aromatic heterocycles. The van der Waals surface area contributed by atoms with Gasteiger partial charge in [0.15, 0.2) is 0 Å². The van der Waals surface area contributed by atoms with Crippen molar-refractivity contribution in [2.75, 3.05) is 18.6 Å². The highest BCUT2D eigenvalue weighted by atomic mass is 79.9. The van der Waals surface area contributed by atoms with E-state index in [1.165, 1.54) is 25.8 Å². The first-order valence-corrected chi connectivity index (χ1v) is 7.24. The number of halogens is 1. The molecule has 0 saturated heterocycles. The van der Waals surface area contributed by atoms with Crippen molar-refractivity contribution in [2.24, 2.45) is 0 Å². The van der Waals surface area contributed by atoms with Crippen molar-refractivity contribution >= 4 is 45.3 Å². The lowest BCUT2D eigenvalue weighted by molar-refractivity contribution is -0.144. The van der Waals surface area contributed by atoms with Gasteiger partial charge >= 0.3 is 5.97 Å². The summed E-state index contributed by atoms with van der Waals surface area (Å²) in [5.74, 6) is -0.351. The van der Waals surface area contributed by atoms with E-state index >= 15 is 0 Å². The molecule has 0 radical (unpaired) electrons. The van der Waals surface area contributed by atoms with Crippen LogP contribution in [0.15, 0.2) is 27.6 Å². The number of hydrogen-bond acceptors (Lipinski definition) is 5. The van der Waals surface area contributed by atoms with Crippen LogP contribution in [0.25, 0.3) is 0 Å². The van der Waals surface area contributed by atoms with Gasteiger partial charge in [-0.1, -0.05) is 0 Å². The fourth-order valence-corrected chi connectivity index (χ4v) is 3.03. The predicted molar refractivity (Wildman–Crippen MR) is 78.9 cm³/mol. The molecule has 3 N–H and O–H groups in total. The van der Waals surface area contributed by atoms with Crippen LogP contribution in [0, 0.1) is 0 Å². The average Bonchev–Trinajstić information content (AvgIpc) is 2.34. The second kappa shape index (κ2) is 7.40. The number of hydrogen-bond donors (Lipinski definition) is 2. The first-order chi connectivity index (χ1) is 8.93. The van der Waals surface area contributed by atoms with Gasteiger partial charge in [0.1, 0.15) is 6.04 Å². The highest BCUT2D eigenvalue weighted by Gasteiger charge is 2.20. The average molecular weight is 347 g/mol. The summed E-state index contributed by atoms with van der Waals surface area (Å²) in [6.07, 6.45) is 0. The quantitative estimate of drug-likeness (QED) is 0.482. The highest BCUT2D eigenvalue weighted by molar-refractivity contribution is 9.10. The second-order valence-corrected chi connectivity index (χ2v) is 5.69. The highest BCUT2D eigenvalue weighted by Crippen LogP contribution is 2.29. The van der Waals surface area contributed by atoms with Crippen LogP contribution in [0.4, 0.5) is 5.69 Å². The fraction of sp³-hybridized carbons (Fsp3) is 0.333. The summed E-state index contributed by atoms with van der Waals surface area (Å²) in [5.41, 5.74) is 6.30. The first-order valence-electron chi connectivity index (χ1n) is 5.46. The van der Waals surface area contributed by atoms with E-state index < -0.39 is 12.0 Å². The molecule has 1 amide bonds. The minimum absolute atomic E-state index is 0.271. The number of ether oxygens (including phenoxy) is 1. The molecule has 1 rings (SSSR count). The minimum atomic E-state index is -0.669. The summed E-state index contributed by atoms with van der Waals surface area (Å²) in [5, 5.41) is 2.56. The standard InChI is InChI=1S/C12H15BrN2O3S/c1-7(16)15-10(12(17)18-2)6-19-11-4-3-8(14)5-9(11)13/h3-5,10H,6,14H2,1-2H3,(H,15,16). The molecule has 1 aromatic rings. The number of methoxy groups -OCH3 is 1. The van der Waals surface area contributed by atoms with Crippen LogP contribution in [0.1, 0.15) is 6.92 Å². The molecule has 0 heterocycles. The van der Waals surface area contributed by atoms with Crippen molar-refractivity contribution in [3.8, 4) is 0 Å². The third-order valence-corrected chi connectivity index (χ3v) is 4.31. The number of nitrogens with two attached hydrogens (primary N) is 1. The molecule has 0 aliphatic heterocycles. The minimum Gasteiger partial charge on any atom is -0.467 e. The maximum absolute atomic E-state index is 11.5. The van der Waals surface area contributed by atoms with Crippen LogP contribution in [-0.4, -0.2) is 30.8 Å². The number of amides is 1. The number of nitrogen functional groups attached to an aromatic ring is 1. The molecule has 1 unspecified atom stereocenters. The van der Waals surface area contributed by atoms with Gasteiger partial charge in [0, 0.05) is 27.7 Å². The van der Waals surface area contributed by atoms with Crippen molar-refractivity contribution in [1.82, 2.24) is 5.32 Å². The summed E-state index contributed by atoms with van der Waals surface area (Å²) in [6.45, 7) is 1.36. The van der Waals surface area contributed by atoms with Gasteiger partial charge in [-0.3, -0.25) is 4.79 Å². The van der Waals surface area contributed by atoms with Crippen molar-refractivity contribution in [1.29, 1.82) is 0 Å². The number of thioether (sulfide) groups is 1. The van der Waals surface area contributed by atoms with Gasteiger partial charge in [-0.2, -0.15) is 0 Å². The molecule has 0 fully saturated rings. The number of benzene rings is 1. The molecule has 0 bridgehead atoms. The van der Waals surface area contributed by atoms with Gasteiger partial charge in [0.2, 0.25) is 5.91 Å². The Kier molecular flexibility index (Phi) is 6.17. The van der Waals surface area contributed by atoms with Crippen LogP contribution >= 0.6 is 27.7 Å². The molecule has 5 nitrogen and oxygen atoms in total. The maximum atomic E-state index is 11.5. The van der Waals surface area contributed by atoms with Gasteiger partial charge < -0.3 is 15.8 Å². The number of rotatable bonds is 5. The molecule has 0 aliphatic carbocycles. The summed E-state index contributed by atoms with van der Waals surface area (Å²) >= 11 is 4.83. The van der Waals surface area contributed by atoms with Crippen molar-refractivity contribution in [3.63, 3.8) is 0 Å². The first kappa shape index (κ1) is 15.8. The Morgan fingerprint density at radius 1 is 1.53 bits per heavy atom. The normalized spacial score (nSPS) is 11.7. The van der Waals surface area contributed by atoms with Gasteiger partial charge in [-0.05, 0) is 34.1 Å². The van der Waals surface area contributed by atoms with E-state index in [0.717, 1.165) is 9.37 Å². The Labute approximate surface area is 124 Å². The second-order valence-electron chi connectivity index (χ2n) is 3.78. The fourth-order valence-electron chi connectivity index (χ4n) is 1.36. The van der Waals surface area contributed by atoms with E-state index in [-0.39, 0.29) is 5.91 Å². The lowest BCUT2D eigenvalue weighted by Gasteiger charge is -2.15. The zero-order valence-electron chi connectivity index (χ0n) is 10.6. The molecule has 7 heteroatoms. The number of carbonyl (C=O) groups excluding carboxylic acids is 2. The molecule has 104 valence electrons. The summed E-state index contributed by atoms with van der Waals surface area (Å²) in [7, 11) is 1.29. The topological polar surface area (TPSA) is 81.4 Å². The van der Waals surface area contributed by atoms with E-state index in [1.807, 2.05) is 6.07 Å². The van der Waals surface area contributed by atoms with Crippen LogP contribution < -0.4 is 11.1 Å². The third-order valence-electron chi connectivity index (χ3n) is 2.22. The van der Waals surface area contributed by atoms with E-state index in [1.54, 1.807) is 12.1 Å². The Morgan fingerprint density at radius 2 is 2.21 bits per heavy atom. The van der Waals surface area contributed by atoms with Gasteiger partial charge in [-0.15, -0.1) is 11.8 Å².